The van der Waals surface area contributed by atoms with E-state index in [4.69, 9.17) is 4.42 Å². The van der Waals surface area contributed by atoms with Gasteiger partial charge in [-0.1, -0.05) is 6.07 Å². The predicted molar refractivity (Wildman–Crippen MR) is 75.6 cm³/mol. The summed E-state index contributed by atoms with van der Waals surface area (Å²) in [5.74, 6) is -0.577. The number of benzene rings is 1. The van der Waals surface area contributed by atoms with Crippen LogP contribution >= 0.6 is 0 Å². The molecule has 23 heavy (non-hydrogen) atoms. The Balaban J connectivity index is 2.55. The topological polar surface area (TPSA) is 56.5 Å². The molecule has 0 saturated carbocycles. The van der Waals surface area contributed by atoms with Crippen molar-refractivity contribution >= 4 is 18.3 Å². The molecule has 2 aromatic rings. The monoisotopic (exact) mass is 324 g/mol. The van der Waals surface area contributed by atoms with E-state index in [2.05, 4.69) is 4.74 Å². The van der Waals surface area contributed by atoms with E-state index in [1.54, 1.807) is 0 Å². The van der Waals surface area contributed by atoms with Crippen molar-refractivity contribution in [2.45, 2.75) is 6.18 Å². The van der Waals surface area contributed by atoms with Crippen molar-refractivity contribution < 1.29 is 31.9 Å². The van der Waals surface area contributed by atoms with Crippen LogP contribution in [-0.4, -0.2) is 19.4 Å². The average Bonchev–Trinajstić information content (AvgIpc) is 3.00. The first-order valence-corrected chi connectivity index (χ1v) is 6.38. The molecule has 0 spiro atoms. The third-order valence-electron chi connectivity index (χ3n) is 2.99. The maximum Gasteiger partial charge on any atom is 0.416 e. The van der Waals surface area contributed by atoms with Gasteiger partial charge in [-0.25, -0.2) is 4.79 Å². The van der Waals surface area contributed by atoms with Gasteiger partial charge in [0.2, 0.25) is 0 Å². The Hall–Kier alpha value is -2.83. The molecule has 1 aromatic heterocycles. The lowest BCUT2D eigenvalue weighted by molar-refractivity contribution is -0.137. The minimum absolute atomic E-state index is 0.0136. The van der Waals surface area contributed by atoms with Crippen LogP contribution in [0.1, 0.15) is 21.7 Å². The smallest absolute Gasteiger partial charge is 0.416 e. The highest BCUT2D eigenvalue weighted by Crippen LogP contribution is 2.35. The van der Waals surface area contributed by atoms with Crippen LogP contribution in [-0.2, 0) is 15.7 Å². The molecule has 120 valence electrons. The summed E-state index contributed by atoms with van der Waals surface area (Å²) in [4.78, 5) is 21.8. The molecule has 0 unspecified atom stereocenters. The van der Waals surface area contributed by atoms with Crippen molar-refractivity contribution in [1.29, 1.82) is 0 Å². The van der Waals surface area contributed by atoms with Gasteiger partial charge in [0.1, 0.15) is 5.76 Å². The molecule has 0 radical (unpaired) electrons. The van der Waals surface area contributed by atoms with Crippen molar-refractivity contribution in [2.24, 2.45) is 0 Å². The molecule has 0 aliphatic heterocycles. The quantitative estimate of drug-likeness (QED) is 0.485. The summed E-state index contributed by atoms with van der Waals surface area (Å²) >= 11 is 0. The molecule has 1 heterocycles. The van der Waals surface area contributed by atoms with Gasteiger partial charge in [0, 0.05) is 11.6 Å². The number of hydrogen-bond donors (Lipinski definition) is 0. The lowest BCUT2D eigenvalue weighted by atomic mass is 10.0. The molecule has 0 N–H and O–H groups in total. The van der Waals surface area contributed by atoms with Crippen molar-refractivity contribution in [3.63, 3.8) is 0 Å². The van der Waals surface area contributed by atoms with E-state index < -0.39 is 17.7 Å². The van der Waals surface area contributed by atoms with E-state index in [9.17, 15) is 22.8 Å². The number of esters is 1. The largest absolute Gasteiger partial charge is 0.466 e. The predicted octanol–water partition coefficient (Wildman–Crippen LogP) is 3.96. The maximum atomic E-state index is 12.9. The van der Waals surface area contributed by atoms with Crippen molar-refractivity contribution in [3.8, 4) is 11.3 Å². The Labute approximate surface area is 129 Å². The van der Waals surface area contributed by atoms with Gasteiger partial charge in [-0.05, 0) is 35.9 Å². The number of furan rings is 1. The summed E-state index contributed by atoms with van der Waals surface area (Å²) in [6.07, 6.45) is -1.69. The molecule has 0 bridgehead atoms. The molecule has 0 saturated heterocycles. The van der Waals surface area contributed by atoms with E-state index in [1.165, 1.54) is 31.4 Å². The molecule has 0 atom stereocenters. The summed E-state index contributed by atoms with van der Waals surface area (Å²) in [5, 5.41) is 0. The molecule has 0 amide bonds. The van der Waals surface area contributed by atoms with Crippen molar-refractivity contribution in [3.05, 3.63) is 53.3 Å². The first-order chi connectivity index (χ1) is 10.8. The number of carbonyl (C=O) groups excluding carboxylic acids is 2. The Morgan fingerprint density at radius 1 is 1.22 bits per heavy atom. The molecule has 4 nitrogen and oxygen atoms in total. The average molecular weight is 324 g/mol. The zero-order chi connectivity index (χ0) is 17.0. The Morgan fingerprint density at radius 2 is 1.96 bits per heavy atom. The van der Waals surface area contributed by atoms with E-state index in [0.29, 0.717) is 11.8 Å². The third-order valence-corrected chi connectivity index (χ3v) is 2.99. The van der Waals surface area contributed by atoms with E-state index >= 15 is 0 Å². The third kappa shape index (κ3) is 3.88. The lowest BCUT2D eigenvalue weighted by Gasteiger charge is -2.10. The van der Waals surface area contributed by atoms with Crippen LogP contribution in [0.5, 0.6) is 0 Å². The van der Waals surface area contributed by atoms with E-state index in [0.717, 1.165) is 18.2 Å². The first-order valence-electron chi connectivity index (χ1n) is 6.38. The van der Waals surface area contributed by atoms with Gasteiger partial charge in [-0.2, -0.15) is 13.2 Å². The molecular weight excluding hydrogens is 313 g/mol. The van der Waals surface area contributed by atoms with Gasteiger partial charge in [-0.3, -0.25) is 4.79 Å². The van der Waals surface area contributed by atoms with Crippen LogP contribution < -0.4 is 0 Å². The second-order valence-corrected chi connectivity index (χ2v) is 4.48. The van der Waals surface area contributed by atoms with Gasteiger partial charge in [0.15, 0.2) is 12.0 Å². The second kappa shape index (κ2) is 6.51. The fraction of sp³-hybridized carbons (Fsp3) is 0.125. The molecule has 0 aliphatic rings. The molecular formula is C16H11F3O4. The van der Waals surface area contributed by atoms with Crippen molar-refractivity contribution in [1.82, 2.24) is 0 Å². The number of halogens is 3. The van der Waals surface area contributed by atoms with Crippen LogP contribution in [0.25, 0.3) is 17.4 Å². The van der Waals surface area contributed by atoms with Gasteiger partial charge in [0.05, 0.1) is 12.7 Å². The first kappa shape index (κ1) is 16.5. The van der Waals surface area contributed by atoms with Crippen LogP contribution in [0.15, 0.2) is 40.8 Å². The number of methoxy groups -OCH3 is 1. The fourth-order valence-electron chi connectivity index (χ4n) is 1.88. The van der Waals surface area contributed by atoms with Crippen molar-refractivity contribution in [2.75, 3.05) is 7.11 Å². The van der Waals surface area contributed by atoms with Crippen LogP contribution in [0.2, 0.25) is 0 Å². The van der Waals surface area contributed by atoms with Gasteiger partial charge in [-0.15, -0.1) is 0 Å². The minimum Gasteiger partial charge on any atom is -0.466 e. The standard InChI is InChI=1S/C16H11F3O4/c1-22-15(21)7-3-10-2-4-11(16(17,18)19)8-13(10)14-6-5-12(9-20)23-14/h2-9H,1H3. The van der Waals surface area contributed by atoms with Gasteiger partial charge in [0.25, 0.3) is 0 Å². The molecule has 1 aromatic carbocycles. The highest BCUT2D eigenvalue weighted by molar-refractivity contribution is 5.89. The molecule has 0 aliphatic carbocycles. The summed E-state index contributed by atoms with van der Waals surface area (Å²) in [7, 11) is 1.18. The summed E-state index contributed by atoms with van der Waals surface area (Å²) in [5.41, 5.74) is -0.449. The summed E-state index contributed by atoms with van der Waals surface area (Å²) in [6, 6.07) is 5.72. The van der Waals surface area contributed by atoms with Crippen LogP contribution in [0, 0.1) is 0 Å². The fourth-order valence-corrected chi connectivity index (χ4v) is 1.88. The van der Waals surface area contributed by atoms with Crippen LogP contribution in [0.4, 0.5) is 13.2 Å². The van der Waals surface area contributed by atoms with Gasteiger partial charge < -0.3 is 9.15 Å². The highest BCUT2D eigenvalue weighted by atomic mass is 19.4. The highest BCUT2D eigenvalue weighted by Gasteiger charge is 2.31. The number of aldehydes is 1. The number of alkyl halides is 3. The van der Waals surface area contributed by atoms with Gasteiger partial charge >= 0.3 is 12.1 Å². The number of hydrogen-bond acceptors (Lipinski definition) is 4. The number of ether oxygens (including phenoxy) is 1. The lowest BCUT2D eigenvalue weighted by Crippen LogP contribution is -2.05. The second-order valence-electron chi connectivity index (χ2n) is 4.48. The summed E-state index contributed by atoms with van der Waals surface area (Å²) in [6.45, 7) is 0. The number of rotatable bonds is 4. The molecule has 0 fully saturated rings. The molecule has 2 rings (SSSR count). The number of carbonyl (C=O) groups is 2. The summed E-state index contributed by atoms with van der Waals surface area (Å²) < 4.78 is 48.2. The minimum atomic E-state index is -4.53. The zero-order valence-electron chi connectivity index (χ0n) is 11.9. The Morgan fingerprint density at radius 3 is 2.52 bits per heavy atom. The Kier molecular flexibility index (Phi) is 4.68. The van der Waals surface area contributed by atoms with E-state index in [-0.39, 0.29) is 17.1 Å². The zero-order valence-corrected chi connectivity index (χ0v) is 11.9. The van der Waals surface area contributed by atoms with E-state index in [1.807, 2.05) is 0 Å². The maximum absolute atomic E-state index is 12.9. The van der Waals surface area contributed by atoms with Crippen LogP contribution in [0.3, 0.4) is 0 Å². The Bertz CT molecular complexity index is 757. The SMILES string of the molecule is COC(=O)C=Cc1ccc(C(F)(F)F)cc1-c1ccc(C=O)o1. The normalized spacial score (nSPS) is 11.7. The molecule has 7 heteroatoms.